The molecule has 0 aliphatic carbocycles. The fraction of sp³-hybridized carbons (Fsp3) is 0.222. The number of sulfonamides is 1. The van der Waals surface area contributed by atoms with Crippen LogP contribution in [0.2, 0.25) is 0 Å². The molecular formula is C18H19N3O3S2. The van der Waals surface area contributed by atoms with Gasteiger partial charge in [-0.2, -0.15) is 0 Å². The Balaban J connectivity index is 1.85. The van der Waals surface area contributed by atoms with Crippen molar-refractivity contribution in [3.8, 4) is 0 Å². The molecule has 0 N–H and O–H groups in total. The van der Waals surface area contributed by atoms with E-state index in [1.54, 1.807) is 17.4 Å². The van der Waals surface area contributed by atoms with Gasteiger partial charge in [0.15, 0.2) is 10.7 Å². The van der Waals surface area contributed by atoms with Gasteiger partial charge in [-0.3, -0.25) is 9.20 Å². The van der Waals surface area contributed by atoms with E-state index in [9.17, 15) is 13.2 Å². The molecule has 0 amide bonds. The molecule has 1 aromatic carbocycles. The second-order valence-corrected chi connectivity index (χ2v) is 9.45. The average molecular weight is 390 g/mol. The van der Waals surface area contributed by atoms with Gasteiger partial charge in [-0.05, 0) is 50.3 Å². The van der Waals surface area contributed by atoms with E-state index in [1.807, 2.05) is 24.4 Å². The Labute approximate surface area is 156 Å². The van der Waals surface area contributed by atoms with E-state index in [1.165, 1.54) is 44.4 Å². The number of ketones is 1. The highest BCUT2D eigenvalue weighted by molar-refractivity contribution is 7.89. The van der Waals surface area contributed by atoms with Gasteiger partial charge >= 0.3 is 0 Å². The largest absolute Gasteiger partial charge is 0.290 e. The smallest absolute Gasteiger partial charge is 0.242 e. The number of aryl methyl sites for hydroxylation is 2. The van der Waals surface area contributed by atoms with Crippen molar-refractivity contribution >= 4 is 38.2 Å². The summed E-state index contributed by atoms with van der Waals surface area (Å²) in [4.78, 5) is 19.1. The first-order valence-corrected chi connectivity index (χ1v) is 10.2. The number of thiazole rings is 1. The Bertz CT molecular complexity index is 1100. The van der Waals surface area contributed by atoms with Crippen LogP contribution in [0.1, 0.15) is 26.6 Å². The molecule has 136 valence electrons. The van der Waals surface area contributed by atoms with E-state index in [0.717, 1.165) is 25.5 Å². The van der Waals surface area contributed by atoms with Crippen LogP contribution in [0.3, 0.4) is 0 Å². The van der Waals surface area contributed by atoms with Crippen LogP contribution in [0, 0.1) is 13.8 Å². The average Bonchev–Trinajstić information content (AvgIpc) is 3.07. The molecule has 0 spiro atoms. The summed E-state index contributed by atoms with van der Waals surface area (Å²) in [5.41, 5.74) is 2.15. The SMILES string of the molecule is Cc1cn2c(/C=C/C(=O)c3ccc(S(=O)(=O)N(C)C)cc3)c(C)nc2s1. The zero-order valence-electron chi connectivity index (χ0n) is 14.9. The molecule has 0 bridgehead atoms. The molecule has 8 heteroatoms. The molecule has 0 saturated carbocycles. The van der Waals surface area contributed by atoms with Crippen molar-refractivity contribution in [2.24, 2.45) is 0 Å². The molecule has 0 saturated heterocycles. The normalized spacial score (nSPS) is 12.5. The van der Waals surface area contributed by atoms with Crippen LogP contribution < -0.4 is 0 Å². The summed E-state index contributed by atoms with van der Waals surface area (Å²) in [6.07, 6.45) is 5.22. The summed E-state index contributed by atoms with van der Waals surface area (Å²) in [6.45, 7) is 3.91. The van der Waals surface area contributed by atoms with Crippen LogP contribution in [0.15, 0.2) is 41.4 Å². The Hall–Kier alpha value is -2.29. The van der Waals surface area contributed by atoms with Crippen LogP contribution in [-0.4, -0.2) is 42.0 Å². The van der Waals surface area contributed by atoms with Gasteiger partial charge in [0, 0.05) is 30.7 Å². The first-order chi connectivity index (χ1) is 12.2. The van der Waals surface area contributed by atoms with Crippen molar-refractivity contribution in [3.05, 3.63) is 58.4 Å². The van der Waals surface area contributed by atoms with Gasteiger partial charge in [0.2, 0.25) is 10.0 Å². The summed E-state index contributed by atoms with van der Waals surface area (Å²) in [7, 11) is -0.561. The van der Waals surface area contributed by atoms with E-state index in [4.69, 9.17) is 0 Å². The van der Waals surface area contributed by atoms with E-state index >= 15 is 0 Å². The van der Waals surface area contributed by atoms with Crippen LogP contribution in [0.5, 0.6) is 0 Å². The Kier molecular flexibility index (Phi) is 4.83. The molecule has 6 nitrogen and oxygen atoms in total. The quantitative estimate of drug-likeness (QED) is 0.496. The van der Waals surface area contributed by atoms with Crippen LogP contribution in [0.25, 0.3) is 11.0 Å². The molecule has 26 heavy (non-hydrogen) atoms. The van der Waals surface area contributed by atoms with Gasteiger partial charge in [0.25, 0.3) is 0 Å². The number of imidazole rings is 1. The molecule has 2 aromatic heterocycles. The zero-order valence-corrected chi connectivity index (χ0v) is 16.6. The molecule has 0 fully saturated rings. The van der Waals surface area contributed by atoms with E-state index in [0.29, 0.717) is 5.56 Å². The first-order valence-electron chi connectivity index (χ1n) is 7.90. The van der Waals surface area contributed by atoms with Crippen molar-refractivity contribution in [3.63, 3.8) is 0 Å². The molecule has 0 unspecified atom stereocenters. The predicted octanol–water partition coefficient (Wildman–Crippen LogP) is 3.16. The number of hydrogen-bond acceptors (Lipinski definition) is 5. The predicted molar refractivity (Wildman–Crippen MR) is 103 cm³/mol. The minimum absolute atomic E-state index is 0.158. The number of fused-ring (bicyclic) bond motifs is 1. The lowest BCUT2D eigenvalue weighted by molar-refractivity contribution is 0.104. The van der Waals surface area contributed by atoms with Crippen molar-refractivity contribution in [2.45, 2.75) is 18.7 Å². The third-order valence-corrected chi connectivity index (χ3v) is 6.70. The maximum absolute atomic E-state index is 12.4. The fourth-order valence-corrected chi connectivity index (χ4v) is 4.31. The van der Waals surface area contributed by atoms with Gasteiger partial charge in [-0.1, -0.05) is 0 Å². The molecule has 3 rings (SSSR count). The fourth-order valence-electron chi connectivity index (χ4n) is 2.53. The lowest BCUT2D eigenvalue weighted by Crippen LogP contribution is -2.22. The van der Waals surface area contributed by atoms with Gasteiger partial charge < -0.3 is 0 Å². The number of carbonyl (C=O) groups excluding carboxylic acids is 1. The number of rotatable bonds is 5. The maximum Gasteiger partial charge on any atom is 0.242 e. The second-order valence-electron chi connectivity index (χ2n) is 6.09. The summed E-state index contributed by atoms with van der Waals surface area (Å²) < 4.78 is 27.3. The third-order valence-electron chi connectivity index (χ3n) is 3.97. The number of carbonyl (C=O) groups is 1. The van der Waals surface area contributed by atoms with Crippen molar-refractivity contribution in [1.82, 2.24) is 13.7 Å². The van der Waals surface area contributed by atoms with Gasteiger partial charge in [-0.15, -0.1) is 11.3 Å². The minimum atomic E-state index is -3.50. The number of hydrogen-bond donors (Lipinski definition) is 0. The summed E-state index contributed by atoms with van der Waals surface area (Å²) in [5, 5.41) is 0. The monoisotopic (exact) mass is 389 g/mol. The minimum Gasteiger partial charge on any atom is -0.290 e. The summed E-state index contributed by atoms with van der Waals surface area (Å²) >= 11 is 1.60. The second kappa shape index (κ2) is 6.79. The zero-order chi connectivity index (χ0) is 19.1. The highest BCUT2D eigenvalue weighted by Gasteiger charge is 2.17. The number of aromatic nitrogens is 2. The molecule has 0 atom stereocenters. The van der Waals surface area contributed by atoms with Gasteiger partial charge in [0.05, 0.1) is 16.3 Å². The highest BCUT2D eigenvalue weighted by atomic mass is 32.2. The van der Waals surface area contributed by atoms with Gasteiger partial charge in [0.1, 0.15) is 0 Å². The lowest BCUT2D eigenvalue weighted by atomic mass is 10.1. The Morgan fingerprint density at radius 1 is 1.19 bits per heavy atom. The van der Waals surface area contributed by atoms with Crippen LogP contribution in [-0.2, 0) is 10.0 Å². The molecule has 2 heterocycles. The molecule has 0 aliphatic heterocycles. The molecular weight excluding hydrogens is 370 g/mol. The topological polar surface area (TPSA) is 71.8 Å². The summed E-state index contributed by atoms with van der Waals surface area (Å²) in [6, 6.07) is 5.94. The van der Waals surface area contributed by atoms with Crippen LogP contribution >= 0.6 is 11.3 Å². The number of allylic oxidation sites excluding steroid dienone is 1. The Morgan fingerprint density at radius 2 is 1.85 bits per heavy atom. The van der Waals surface area contributed by atoms with Crippen molar-refractivity contribution < 1.29 is 13.2 Å². The molecule has 0 aliphatic rings. The molecule has 3 aromatic rings. The third kappa shape index (κ3) is 3.35. The van der Waals surface area contributed by atoms with Crippen molar-refractivity contribution in [2.75, 3.05) is 14.1 Å². The van der Waals surface area contributed by atoms with E-state index < -0.39 is 10.0 Å². The number of benzene rings is 1. The van der Waals surface area contributed by atoms with E-state index in [2.05, 4.69) is 4.98 Å². The van der Waals surface area contributed by atoms with Crippen molar-refractivity contribution in [1.29, 1.82) is 0 Å². The van der Waals surface area contributed by atoms with Crippen LogP contribution in [0.4, 0.5) is 0 Å². The highest BCUT2D eigenvalue weighted by Crippen LogP contribution is 2.22. The maximum atomic E-state index is 12.4. The Morgan fingerprint density at radius 3 is 2.46 bits per heavy atom. The standard InChI is InChI=1S/C18H19N3O3S2/c1-12-11-21-16(13(2)19-18(21)25-12)9-10-17(22)14-5-7-15(8-6-14)26(23,24)20(3)4/h5-11H,1-4H3/b10-9+. The van der Waals surface area contributed by atoms with Gasteiger partial charge in [-0.25, -0.2) is 17.7 Å². The number of nitrogens with zero attached hydrogens (tertiary/aromatic N) is 3. The lowest BCUT2D eigenvalue weighted by Gasteiger charge is -2.11. The summed E-state index contributed by atoms with van der Waals surface area (Å²) in [5.74, 6) is -0.194. The van der Waals surface area contributed by atoms with E-state index in [-0.39, 0.29) is 10.7 Å². The molecule has 0 radical (unpaired) electrons. The first kappa shape index (κ1) is 18.5.